The summed E-state index contributed by atoms with van der Waals surface area (Å²) in [5.74, 6) is -0.377. The molecule has 1 heterocycles. The molecule has 1 aliphatic rings. The monoisotopic (exact) mass is 491 g/mol. The van der Waals surface area contributed by atoms with Crippen molar-refractivity contribution in [2.75, 3.05) is 36.0 Å². The van der Waals surface area contributed by atoms with Gasteiger partial charge in [-0.05, 0) is 55.0 Å². The molecule has 0 unspecified atom stereocenters. The van der Waals surface area contributed by atoms with E-state index in [9.17, 15) is 9.59 Å². The van der Waals surface area contributed by atoms with E-state index >= 15 is 0 Å². The van der Waals surface area contributed by atoms with Crippen LogP contribution in [-0.2, 0) is 9.59 Å². The molecule has 0 radical (unpaired) electrons. The van der Waals surface area contributed by atoms with Crippen molar-refractivity contribution in [1.82, 2.24) is 5.32 Å². The van der Waals surface area contributed by atoms with Crippen LogP contribution in [-0.4, -0.2) is 38.0 Å². The summed E-state index contributed by atoms with van der Waals surface area (Å²) in [6.07, 6.45) is 1.84. The number of carbonyl (C=O) groups is 2. The lowest BCUT2D eigenvalue weighted by atomic mass is 10.2. The fourth-order valence-electron chi connectivity index (χ4n) is 3.77. The lowest BCUT2D eigenvalue weighted by molar-refractivity contribution is -0.122. The van der Waals surface area contributed by atoms with Gasteiger partial charge < -0.3 is 10.2 Å². The Bertz CT molecular complexity index is 1180. The van der Waals surface area contributed by atoms with Gasteiger partial charge in [0.2, 0.25) is 5.91 Å². The van der Waals surface area contributed by atoms with E-state index in [1.165, 1.54) is 11.8 Å². The molecule has 7 heteroatoms. The molecule has 0 aromatic heterocycles. The Kier molecular flexibility index (Phi) is 7.93. The van der Waals surface area contributed by atoms with Crippen LogP contribution < -0.4 is 15.1 Å². The number of carbonyl (C=O) groups excluding carboxylic acids is 2. The van der Waals surface area contributed by atoms with Crippen LogP contribution in [0.25, 0.3) is 6.08 Å². The highest BCUT2D eigenvalue weighted by molar-refractivity contribution is 8.04. The molecule has 0 bridgehead atoms. The minimum atomic E-state index is -0.190. The van der Waals surface area contributed by atoms with Gasteiger partial charge in [-0.1, -0.05) is 65.8 Å². The molecule has 174 valence electrons. The largest absolute Gasteiger partial charge is 0.370 e. The van der Waals surface area contributed by atoms with Crippen LogP contribution in [0.2, 0.25) is 5.02 Å². The Hall–Kier alpha value is -3.22. The molecule has 5 nitrogen and oxygen atoms in total. The number of rotatable bonds is 8. The van der Waals surface area contributed by atoms with E-state index in [1.54, 1.807) is 17.0 Å². The number of likely N-dealkylation sites (N-methyl/N-ethyl adjacent to an activating group) is 1. The Morgan fingerprint density at radius 2 is 1.74 bits per heavy atom. The highest BCUT2D eigenvalue weighted by Gasteiger charge is 2.30. The molecular formula is C27H26ClN3O2S. The smallest absolute Gasteiger partial charge is 0.265 e. The van der Waals surface area contributed by atoms with Crippen molar-refractivity contribution >= 4 is 52.6 Å². The van der Waals surface area contributed by atoms with E-state index < -0.39 is 0 Å². The van der Waals surface area contributed by atoms with Crippen molar-refractivity contribution in [3.8, 4) is 0 Å². The van der Waals surface area contributed by atoms with E-state index in [1.807, 2.05) is 60.7 Å². The van der Waals surface area contributed by atoms with E-state index in [0.717, 1.165) is 28.4 Å². The second-order valence-electron chi connectivity index (χ2n) is 7.79. The summed E-state index contributed by atoms with van der Waals surface area (Å²) < 4.78 is 0. The fourth-order valence-corrected chi connectivity index (χ4v) is 4.95. The Morgan fingerprint density at radius 1 is 1.03 bits per heavy atom. The average Bonchev–Trinajstić information content (AvgIpc) is 2.86. The molecule has 0 aliphatic carbocycles. The Balaban J connectivity index is 1.44. The van der Waals surface area contributed by atoms with Crippen molar-refractivity contribution in [3.63, 3.8) is 0 Å². The third kappa shape index (κ3) is 5.82. The first-order valence-corrected chi connectivity index (χ1v) is 12.4. The Morgan fingerprint density at radius 3 is 2.47 bits per heavy atom. The molecule has 1 N–H and O–H groups in total. The fraction of sp³-hybridized carbons (Fsp3) is 0.185. The molecular weight excluding hydrogens is 466 g/mol. The van der Waals surface area contributed by atoms with Crippen molar-refractivity contribution in [2.24, 2.45) is 0 Å². The minimum Gasteiger partial charge on any atom is -0.370 e. The SMILES string of the molecule is CCN(CCNC(=O)CN1C(=O)/C(=C\c2ccc(Cl)cc2)Sc2ccccc21)c1ccccc1. The van der Waals surface area contributed by atoms with Gasteiger partial charge in [-0.25, -0.2) is 0 Å². The van der Waals surface area contributed by atoms with Crippen molar-refractivity contribution in [3.05, 3.63) is 94.4 Å². The number of anilines is 2. The maximum absolute atomic E-state index is 13.3. The normalized spacial score (nSPS) is 14.1. The van der Waals surface area contributed by atoms with Crippen molar-refractivity contribution < 1.29 is 9.59 Å². The maximum Gasteiger partial charge on any atom is 0.265 e. The van der Waals surface area contributed by atoms with Gasteiger partial charge in [0.25, 0.3) is 5.91 Å². The third-order valence-corrected chi connectivity index (χ3v) is 6.84. The second kappa shape index (κ2) is 11.3. The van der Waals surface area contributed by atoms with Gasteiger partial charge in [0, 0.05) is 35.2 Å². The first-order chi connectivity index (χ1) is 16.5. The summed E-state index contributed by atoms with van der Waals surface area (Å²) in [5.41, 5.74) is 2.75. The highest BCUT2D eigenvalue weighted by atomic mass is 35.5. The first kappa shape index (κ1) is 23.9. The molecule has 0 spiro atoms. The number of nitrogens with one attached hydrogen (secondary N) is 1. The summed E-state index contributed by atoms with van der Waals surface area (Å²) in [7, 11) is 0. The zero-order chi connectivity index (χ0) is 23.9. The molecule has 3 aromatic rings. The van der Waals surface area contributed by atoms with E-state index in [4.69, 9.17) is 11.6 Å². The van der Waals surface area contributed by atoms with Gasteiger partial charge >= 0.3 is 0 Å². The van der Waals surface area contributed by atoms with Crippen LogP contribution >= 0.6 is 23.4 Å². The van der Waals surface area contributed by atoms with Crippen LogP contribution in [0, 0.1) is 0 Å². The molecule has 1 aliphatic heterocycles. The molecule has 0 atom stereocenters. The number of hydrogen-bond acceptors (Lipinski definition) is 4. The lowest BCUT2D eigenvalue weighted by Gasteiger charge is -2.30. The van der Waals surface area contributed by atoms with E-state index in [0.29, 0.717) is 23.0 Å². The van der Waals surface area contributed by atoms with E-state index in [-0.39, 0.29) is 18.4 Å². The maximum atomic E-state index is 13.3. The molecule has 34 heavy (non-hydrogen) atoms. The predicted octanol–water partition coefficient (Wildman–Crippen LogP) is 5.46. The number of fused-ring (bicyclic) bond motifs is 1. The van der Waals surface area contributed by atoms with Crippen LogP contribution in [0.15, 0.2) is 88.7 Å². The van der Waals surface area contributed by atoms with Gasteiger partial charge in [0.05, 0.1) is 10.6 Å². The summed E-state index contributed by atoms with van der Waals surface area (Å²) >= 11 is 7.40. The topological polar surface area (TPSA) is 52.7 Å². The number of thioether (sulfide) groups is 1. The number of nitrogens with zero attached hydrogens (tertiary/aromatic N) is 2. The van der Waals surface area contributed by atoms with Gasteiger partial charge in [0.15, 0.2) is 0 Å². The number of halogens is 1. The lowest BCUT2D eigenvalue weighted by Crippen LogP contribution is -2.44. The van der Waals surface area contributed by atoms with Gasteiger partial charge in [-0.2, -0.15) is 0 Å². The zero-order valence-electron chi connectivity index (χ0n) is 18.9. The highest BCUT2D eigenvalue weighted by Crippen LogP contribution is 2.41. The standard InChI is InChI=1S/C27H26ClN3O2S/c1-2-30(22-8-4-3-5-9-22)17-16-29-26(32)19-31-23-10-6-7-11-24(23)34-25(27(31)33)18-20-12-14-21(28)15-13-20/h3-15,18H,2,16-17,19H2,1H3,(H,29,32)/b25-18+. The molecule has 3 aromatic carbocycles. The molecule has 2 amide bonds. The molecule has 0 saturated heterocycles. The minimum absolute atomic E-state index is 0.0359. The Labute approximate surface area is 209 Å². The number of amides is 2. The van der Waals surface area contributed by atoms with Crippen LogP contribution in [0.1, 0.15) is 12.5 Å². The third-order valence-electron chi connectivity index (χ3n) is 5.51. The summed E-state index contributed by atoms with van der Waals surface area (Å²) in [5, 5.41) is 3.61. The number of hydrogen-bond donors (Lipinski definition) is 1. The van der Waals surface area contributed by atoms with Crippen LogP contribution in [0.4, 0.5) is 11.4 Å². The first-order valence-electron chi connectivity index (χ1n) is 11.2. The average molecular weight is 492 g/mol. The zero-order valence-corrected chi connectivity index (χ0v) is 20.5. The van der Waals surface area contributed by atoms with Gasteiger partial charge in [-0.15, -0.1) is 0 Å². The predicted molar refractivity (Wildman–Crippen MR) is 141 cm³/mol. The van der Waals surface area contributed by atoms with Crippen molar-refractivity contribution in [2.45, 2.75) is 11.8 Å². The molecule has 4 rings (SSSR count). The van der Waals surface area contributed by atoms with Gasteiger partial charge in [-0.3, -0.25) is 14.5 Å². The summed E-state index contributed by atoms with van der Waals surface area (Å²) in [4.78, 5) is 31.4. The molecule has 0 saturated carbocycles. The van der Waals surface area contributed by atoms with Crippen LogP contribution in [0.3, 0.4) is 0 Å². The van der Waals surface area contributed by atoms with E-state index in [2.05, 4.69) is 29.3 Å². The second-order valence-corrected chi connectivity index (χ2v) is 9.31. The molecule has 0 fully saturated rings. The number of benzene rings is 3. The van der Waals surface area contributed by atoms with Crippen molar-refractivity contribution in [1.29, 1.82) is 0 Å². The quantitative estimate of drug-likeness (QED) is 0.425. The summed E-state index contributed by atoms with van der Waals surface area (Å²) in [6.45, 7) is 4.08. The van der Waals surface area contributed by atoms with Crippen LogP contribution in [0.5, 0.6) is 0 Å². The number of para-hydroxylation sites is 2. The summed E-state index contributed by atoms with van der Waals surface area (Å²) in [6, 6.07) is 25.1. The van der Waals surface area contributed by atoms with Gasteiger partial charge in [0.1, 0.15) is 6.54 Å².